The third kappa shape index (κ3) is 1.13. The van der Waals surface area contributed by atoms with Crippen molar-refractivity contribution in [2.45, 2.75) is 39.0 Å². The Balaban J connectivity index is 2.45. The molecule has 0 amide bonds. The Kier molecular flexibility index (Phi) is 1.50. The maximum atomic E-state index is 4.35. The van der Waals surface area contributed by atoms with Gasteiger partial charge in [0.15, 0.2) is 0 Å². The van der Waals surface area contributed by atoms with Gasteiger partial charge in [-0.1, -0.05) is 6.92 Å². The van der Waals surface area contributed by atoms with E-state index in [4.69, 9.17) is 0 Å². The highest BCUT2D eigenvalue weighted by Crippen LogP contribution is 2.48. The summed E-state index contributed by atoms with van der Waals surface area (Å²) in [4.78, 5) is 4.35. The number of hydrogen-bond acceptors (Lipinski definition) is 1. The zero-order valence-electron chi connectivity index (χ0n) is 8.02. The SMILES string of the molecule is Cc1cc(C)c(C2(C)CC2)cn1. The van der Waals surface area contributed by atoms with Crippen LogP contribution in [0.3, 0.4) is 0 Å². The Morgan fingerprint density at radius 1 is 1.33 bits per heavy atom. The second kappa shape index (κ2) is 2.32. The van der Waals surface area contributed by atoms with Crippen LogP contribution in [0.5, 0.6) is 0 Å². The number of aryl methyl sites for hydroxylation is 2. The number of rotatable bonds is 1. The first-order chi connectivity index (χ1) is 5.62. The van der Waals surface area contributed by atoms with Crippen molar-refractivity contribution in [3.05, 3.63) is 29.1 Å². The van der Waals surface area contributed by atoms with E-state index in [2.05, 4.69) is 31.1 Å². The van der Waals surface area contributed by atoms with E-state index in [0.29, 0.717) is 5.41 Å². The minimum Gasteiger partial charge on any atom is -0.261 e. The van der Waals surface area contributed by atoms with E-state index < -0.39 is 0 Å². The van der Waals surface area contributed by atoms with Crippen molar-refractivity contribution in [1.82, 2.24) is 4.98 Å². The fraction of sp³-hybridized carbons (Fsp3) is 0.545. The molecule has 1 aliphatic rings. The molecule has 1 nitrogen and oxygen atoms in total. The third-order valence-electron chi connectivity index (χ3n) is 2.90. The molecule has 0 aromatic carbocycles. The Morgan fingerprint density at radius 3 is 2.50 bits per heavy atom. The average molecular weight is 161 g/mol. The Hall–Kier alpha value is -0.850. The molecule has 0 bridgehead atoms. The van der Waals surface area contributed by atoms with Gasteiger partial charge in [-0.3, -0.25) is 4.98 Å². The molecule has 0 atom stereocenters. The predicted octanol–water partition coefficient (Wildman–Crippen LogP) is 2.75. The first kappa shape index (κ1) is 7.78. The normalized spacial score (nSPS) is 19.2. The van der Waals surface area contributed by atoms with Gasteiger partial charge in [0.05, 0.1) is 0 Å². The van der Waals surface area contributed by atoms with Crippen molar-refractivity contribution in [3.63, 3.8) is 0 Å². The van der Waals surface area contributed by atoms with Gasteiger partial charge in [0.2, 0.25) is 0 Å². The minimum absolute atomic E-state index is 0.463. The molecule has 2 rings (SSSR count). The molecule has 1 heterocycles. The molecule has 1 aromatic heterocycles. The number of hydrogen-bond donors (Lipinski definition) is 0. The van der Waals surface area contributed by atoms with Crippen LogP contribution in [0, 0.1) is 13.8 Å². The lowest BCUT2D eigenvalue weighted by atomic mass is 9.95. The molecular weight excluding hydrogens is 146 g/mol. The Morgan fingerprint density at radius 2 is 2.00 bits per heavy atom. The standard InChI is InChI=1S/C11H15N/c1-8-6-9(2)12-7-10(8)11(3)4-5-11/h6-7H,4-5H2,1-3H3. The van der Waals surface area contributed by atoms with Crippen LogP contribution in [-0.2, 0) is 5.41 Å². The van der Waals surface area contributed by atoms with E-state index in [1.807, 2.05) is 6.92 Å². The van der Waals surface area contributed by atoms with Gasteiger partial charge in [0.25, 0.3) is 0 Å². The molecule has 12 heavy (non-hydrogen) atoms. The maximum absolute atomic E-state index is 4.35. The summed E-state index contributed by atoms with van der Waals surface area (Å²) >= 11 is 0. The maximum Gasteiger partial charge on any atom is 0.0375 e. The van der Waals surface area contributed by atoms with Crippen molar-refractivity contribution in [3.8, 4) is 0 Å². The van der Waals surface area contributed by atoms with Crippen LogP contribution in [-0.4, -0.2) is 4.98 Å². The molecule has 64 valence electrons. The lowest BCUT2D eigenvalue weighted by Gasteiger charge is -2.11. The van der Waals surface area contributed by atoms with E-state index in [1.54, 1.807) is 0 Å². The van der Waals surface area contributed by atoms with Crippen molar-refractivity contribution in [2.24, 2.45) is 0 Å². The summed E-state index contributed by atoms with van der Waals surface area (Å²) in [6.45, 7) is 6.56. The summed E-state index contributed by atoms with van der Waals surface area (Å²) in [7, 11) is 0. The molecule has 0 N–H and O–H groups in total. The van der Waals surface area contributed by atoms with Crippen molar-refractivity contribution in [1.29, 1.82) is 0 Å². The molecule has 1 saturated carbocycles. The summed E-state index contributed by atoms with van der Waals surface area (Å²) < 4.78 is 0. The summed E-state index contributed by atoms with van der Waals surface area (Å²) in [5.74, 6) is 0. The van der Waals surface area contributed by atoms with E-state index in [-0.39, 0.29) is 0 Å². The minimum atomic E-state index is 0.463. The summed E-state index contributed by atoms with van der Waals surface area (Å²) in [6, 6.07) is 2.18. The lowest BCUT2D eigenvalue weighted by molar-refractivity contribution is 0.771. The van der Waals surface area contributed by atoms with E-state index in [9.17, 15) is 0 Å². The summed E-state index contributed by atoms with van der Waals surface area (Å²) in [5, 5.41) is 0. The first-order valence-corrected chi connectivity index (χ1v) is 4.55. The van der Waals surface area contributed by atoms with Crippen molar-refractivity contribution < 1.29 is 0 Å². The second-order valence-electron chi connectivity index (χ2n) is 4.20. The largest absolute Gasteiger partial charge is 0.261 e. The predicted molar refractivity (Wildman–Crippen MR) is 50.3 cm³/mol. The van der Waals surface area contributed by atoms with Crippen molar-refractivity contribution >= 4 is 0 Å². The fourth-order valence-electron chi connectivity index (χ4n) is 1.79. The zero-order chi connectivity index (χ0) is 8.77. The van der Waals surface area contributed by atoms with Gasteiger partial charge >= 0.3 is 0 Å². The van der Waals surface area contributed by atoms with Gasteiger partial charge in [-0.25, -0.2) is 0 Å². The summed E-state index contributed by atoms with van der Waals surface area (Å²) in [6.07, 6.45) is 4.72. The van der Waals surface area contributed by atoms with Gasteiger partial charge in [0.1, 0.15) is 0 Å². The molecule has 0 saturated heterocycles. The monoisotopic (exact) mass is 161 g/mol. The van der Waals surface area contributed by atoms with Gasteiger partial charge in [-0.15, -0.1) is 0 Å². The quantitative estimate of drug-likeness (QED) is 0.617. The number of aromatic nitrogens is 1. The van der Waals surface area contributed by atoms with Gasteiger partial charge < -0.3 is 0 Å². The van der Waals surface area contributed by atoms with E-state index in [1.165, 1.54) is 24.0 Å². The van der Waals surface area contributed by atoms with Gasteiger partial charge in [0, 0.05) is 11.9 Å². The van der Waals surface area contributed by atoms with E-state index >= 15 is 0 Å². The molecule has 1 aromatic rings. The fourth-order valence-corrected chi connectivity index (χ4v) is 1.79. The molecular formula is C11H15N. The Bertz CT molecular complexity index is 311. The van der Waals surface area contributed by atoms with Gasteiger partial charge in [-0.2, -0.15) is 0 Å². The molecule has 1 aliphatic carbocycles. The van der Waals surface area contributed by atoms with Crippen LogP contribution in [0.2, 0.25) is 0 Å². The second-order valence-corrected chi connectivity index (χ2v) is 4.20. The molecule has 0 spiro atoms. The zero-order valence-corrected chi connectivity index (χ0v) is 8.02. The van der Waals surface area contributed by atoms with Crippen LogP contribution >= 0.6 is 0 Å². The molecule has 0 aliphatic heterocycles. The van der Waals surface area contributed by atoms with Crippen LogP contribution in [0.25, 0.3) is 0 Å². The Labute approximate surface area is 73.8 Å². The van der Waals surface area contributed by atoms with E-state index in [0.717, 1.165) is 5.69 Å². The molecule has 0 unspecified atom stereocenters. The highest BCUT2D eigenvalue weighted by molar-refractivity contribution is 5.35. The van der Waals surface area contributed by atoms with Gasteiger partial charge in [-0.05, 0) is 49.3 Å². The third-order valence-corrected chi connectivity index (χ3v) is 2.90. The lowest BCUT2D eigenvalue weighted by Crippen LogP contribution is -2.03. The van der Waals surface area contributed by atoms with Crippen LogP contribution in [0.4, 0.5) is 0 Å². The number of pyridine rings is 1. The van der Waals surface area contributed by atoms with Crippen LogP contribution in [0.15, 0.2) is 12.3 Å². The first-order valence-electron chi connectivity index (χ1n) is 4.55. The highest BCUT2D eigenvalue weighted by Gasteiger charge is 2.40. The highest BCUT2D eigenvalue weighted by atomic mass is 14.7. The average Bonchev–Trinajstić information content (AvgIpc) is 2.68. The smallest absolute Gasteiger partial charge is 0.0375 e. The molecule has 1 fully saturated rings. The van der Waals surface area contributed by atoms with Crippen LogP contribution in [0.1, 0.15) is 36.6 Å². The summed E-state index contributed by atoms with van der Waals surface area (Å²) in [5.41, 5.74) is 4.45. The molecule has 0 radical (unpaired) electrons. The topological polar surface area (TPSA) is 12.9 Å². The van der Waals surface area contributed by atoms with Crippen molar-refractivity contribution in [2.75, 3.05) is 0 Å². The molecule has 1 heteroatoms. The number of nitrogens with zero attached hydrogens (tertiary/aromatic N) is 1. The van der Waals surface area contributed by atoms with Crippen LogP contribution < -0.4 is 0 Å².